The summed E-state index contributed by atoms with van der Waals surface area (Å²) in [5.74, 6) is -1.31. The van der Waals surface area contributed by atoms with Crippen LogP contribution in [-0.2, 0) is 14.3 Å². The van der Waals surface area contributed by atoms with Crippen LogP contribution in [0.3, 0.4) is 0 Å². The number of aromatic nitrogens is 1. The average Bonchev–Trinajstić information content (AvgIpc) is 3.33. The lowest BCUT2D eigenvalue weighted by Gasteiger charge is -2.34. The number of nitrogens with zero attached hydrogens (tertiary/aromatic N) is 4. The van der Waals surface area contributed by atoms with Crippen molar-refractivity contribution in [3.8, 4) is 11.1 Å². The van der Waals surface area contributed by atoms with Gasteiger partial charge in [0.05, 0.1) is 16.7 Å². The first kappa shape index (κ1) is 33.2. The Hall–Kier alpha value is -4.68. The third-order valence-corrected chi connectivity index (χ3v) is 11.2. The summed E-state index contributed by atoms with van der Waals surface area (Å²) in [5, 5.41) is 0. The van der Waals surface area contributed by atoms with Crippen LogP contribution in [0.5, 0.6) is 0 Å². The predicted octanol–water partition coefficient (Wildman–Crippen LogP) is 4.66. The number of hydrogen-bond acceptors (Lipinski definition) is 8. The molecule has 0 bridgehead atoms. The molecule has 48 heavy (non-hydrogen) atoms. The van der Waals surface area contributed by atoms with Gasteiger partial charge in [-0.25, -0.2) is 4.98 Å². The number of nitrogens with two attached hydrogens (primary N) is 1. The molecule has 4 heterocycles. The first-order valence-corrected chi connectivity index (χ1v) is 20.2. The van der Waals surface area contributed by atoms with Crippen LogP contribution in [0, 0.1) is 0 Å². The van der Waals surface area contributed by atoms with Crippen molar-refractivity contribution in [3.63, 3.8) is 0 Å². The van der Waals surface area contributed by atoms with Crippen molar-refractivity contribution in [2.45, 2.75) is 63.3 Å². The normalized spacial score (nSPS) is 18.9. The lowest BCUT2D eigenvalue weighted by Crippen LogP contribution is -2.56. The van der Waals surface area contributed by atoms with Crippen LogP contribution < -0.4 is 10.6 Å². The van der Waals surface area contributed by atoms with Gasteiger partial charge >= 0.3 is 0 Å². The maximum absolute atomic E-state index is 13.9. The van der Waals surface area contributed by atoms with Crippen LogP contribution in [0.25, 0.3) is 11.1 Å². The maximum atomic E-state index is 13.9. The summed E-state index contributed by atoms with van der Waals surface area (Å²) in [6.45, 7) is 8.55. The van der Waals surface area contributed by atoms with E-state index >= 15 is 0 Å². The van der Waals surface area contributed by atoms with Gasteiger partial charge in [-0.1, -0.05) is 56.0 Å². The minimum atomic E-state index is -1.36. The molecule has 2 N–H and O–H groups in total. The minimum Gasteiger partial charge on any atom is -0.366 e. The van der Waals surface area contributed by atoms with Crippen molar-refractivity contribution in [2.75, 3.05) is 31.3 Å². The molecule has 1 atom stereocenters. The number of fused-ring (bicyclic) bond motifs is 1. The Labute approximate surface area is 281 Å². The van der Waals surface area contributed by atoms with E-state index in [2.05, 4.69) is 41.7 Å². The number of hydrogen-bond donors (Lipinski definition) is 1. The molecule has 0 saturated carbocycles. The van der Waals surface area contributed by atoms with E-state index in [0.29, 0.717) is 23.7 Å². The number of pyridine rings is 1. The molecule has 11 nitrogen and oxygen atoms in total. The van der Waals surface area contributed by atoms with E-state index in [1.54, 1.807) is 18.2 Å². The number of benzene rings is 2. The molecule has 2 saturated heterocycles. The van der Waals surface area contributed by atoms with Crippen molar-refractivity contribution >= 4 is 43.4 Å². The van der Waals surface area contributed by atoms with E-state index in [0.717, 1.165) is 53.2 Å². The Bertz CT molecular complexity index is 1750. The standard InChI is InChI=1S/C36H41N5O6Si/c1-48(2,3)20-19-47-22-40-31(42)14-12-29(35(40)45)41-34(44)28-6-4-5-27(32(28)36(41)46)25-9-7-23(8-10-25)24-15-17-39(18-16-24)30-13-11-26(21-38-30)33(37)43/h4-11,13,21,24,29H,12,14-20,22H2,1-3H3,(H2,37,43). The highest BCUT2D eigenvalue weighted by Gasteiger charge is 2.48. The summed E-state index contributed by atoms with van der Waals surface area (Å²) in [5.41, 5.74) is 8.88. The zero-order valence-corrected chi connectivity index (χ0v) is 28.6. The molecule has 1 unspecified atom stereocenters. The fraction of sp³-hybridized carbons (Fsp3) is 0.389. The van der Waals surface area contributed by atoms with Crippen LogP contribution >= 0.6 is 0 Å². The second-order valence-corrected chi connectivity index (χ2v) is 19.5. The van der Waals surface area contributed by atoms with Crippen molar-refractivity contribution in [1.82, 2.24) is 14.8 Å². The number of carbonyl (C=O) groups is 5. The third kappa shape index (κ3) is 6.67. The highest BCUT2D eigenvalue weighted by atomic mass is 28.3. The van der Waals surface area contributed by atoms with Gasteiger partial charge in [0.1, 0.15) is 18.6 Å². The number of amides is 5. The van der Waals surface area contributed by atoms with E-state index in [1.165, 1.54) is 11.8 Å². The molecule has 3 aliphatic heterocycles. The van der Waals surface area contributed by atoms with Gasteiger partial charge in [0.2, 0.25) is 11.8 Å². The highest BCUT2D eigenvalue weighted by Crippen LogP contribution is 2.37. The summed E-state index contributed by atoms with van der Waals surface area (Å²) in [4.78, 5) is 73.7. The number of primary amides is 1. The van der Waals surface area contributed by atoms with Gasteiger partial charge < -0.3 is 15.4 Å². The van der Waals surface area contributed by atoms with Crippen LogP contribution in [0.1, 0.15) is 68.2 Å². The number of ether oxygens (including phenoxy) is 1. The van der Waals surface area contributed by atoms with E-state index in [4.69, 9.17) is 10.5 Å². The molecule has 6 rings (SSSR count). The molecule has 0 spiro atoms. The summed E-state index contributed by atoms with van der Waals surface area (Å²) in [6.07, 6.45) is 3.51. The molecule has 2 aromatic carbocycles. The molecular weight excluding hydrogens is 627 g/mol. The number of rotatable bonds is 10. The SMILES string of the molecule is C[Si](C)(C)CCOCN1C(=O)CCC(N2C(=O)c3cccc(-c4ccc(C5CCN(c6ccc(C(N)=O)cn6)CC5)cc4)c3C2=O)C1=O. The Kier molecular flexibility index (Phi) is 9.30. The molecule has 3 aliphatic rings. The van der Waals surface area contributed by atoms with Crippen molar-refractivity contribution in [3.05, 3.63) is 83.0 Å². The first-order chi connectivity index (χ1) is 22.9. The largest absolute Gasteiger partial charge is 0.366 e. The van der Waals surface area contributed by atoms with Crippen LogP contribution in [0.4, 0.5) is 5.82 Å². The topological polar surface area (TPSA) is 143 Å². The lowest BCUT2D eigenvalue weighted by atomic mass is 9.88. The van der Waals surface area contributed by atoms with Gasteiger partial charge in [-0.3, -0.25) is 33.8 Å². The van der Waals surface area contributed by atoms with E-state index in [-0.39, 0.29) is 36.6 Å². The van der Waals surface area contributed by atoms with Crippen molar-refractivity contribution < 1.29 is 28.7 Å². The molecule has 1 aromatic heterocycles. The average molecular weight is 668 g/mol. The summed E-state index contributed by atoms with van der Waals surface area (Å²) >= 11 is 0. The molecule has 12 heteroatoms. The monoisotopic (exact) mass is 667 g/mol. The first-order valence-electron chi connectivity index (χ1n) is 16.5. The Morgan fingerprint density at radius 1 is 0.917 bits per heavy atom. The van der Waals surface area contributed by atoms with Gasteiger partial charge in [-0.15, -0.1) is 0 Å². The number of likely N-dealkylation sites (tertiary alicyclic amines) is 1. The Balaban J connectivity index is 1.13. The van der Waals surface area contributed by atoms with E-state index in [1.807, 2.05) is 24.3 Å². The quantitative estimate of drug-likeness (QED) is 0.187. The zero-order valence-electron chi connectivity index (χ0n) is 27.6. The van der Waals surface area contributed by atoms with E-state index in [9.17, 15) is 24.0 Å². The number of carbonyl (C=O) groups excluding carboxylic acids is 5. The second-order valence-electron chi connectivity index (χ2n) is 13.9. The molecule has 3 aromatic rings. The van der Waals surface area contributed by atoms with Gasteiger partial charge in [0.25, 0.3) is 17.7 Å². The molecule has 0 aliphatic carbocycles. The summed E-state index contributed by atoms with van der Waals surface area (Å²) in [7, 11) is -1.36. The minimum absolute atomic E-state index is 0.0481. The Morgan fingerprint density at radius 3 is 2.27 bits per heavy atom. The maximum Gasteiger partial charge on any atom is 0.262 e. The molecule has 0 radical (unpaired) electrons. The second kappa shape index (κ2) is 13.4. The zero-order chi connectivity index (χ0) is 34.2. The van der Waals surface area contributed by atoms with Crippen molar-refractivity contribution in [1.29, 1.82) is 0 Å². The lowest BCUT2D eigenvalue weighted by molar-refractivity contribution is -0.158. The number of piperidine rings is 2. The highest BCUT2D eigenvalue weighted by molar-refractivity contribution is 6.76. The molecule has 5 amide bonds. The number of imide groups is 2. The van der Waals surface area contributed by atoms with Crippen LogP contribution in [0.2, 0.25) is 25.7 Å². The van der Waals surface area contributed by atoms with E-state index < -0.39 is 37.7 Å². The van der Waals surface area contributed by atoms with Gasteiger partial charge in [0, 0.05) is 40.4 Å². The van der Waals surface area contributed by atoms with Gasteiger partial charge in [0.15, 0.2) is 0 Å². The fourth-order valence-corrected chi connectivity index (χ4v) is 7.41. The number of anilines is 1. The smallest absolute Gasteiger partial charge is 0.262 e. The predicted molar refractivity (Wildman–Crippen MR) is 183 cm³/mol. The summed E-state index contributed by atoms with van der Waals surface area (Å²) in [6, 6.07) is 16.6. The van der Waals surface area contributed by atoms with Crippen LogP contribution in [0.15, 0.2) is 60.8 Å². The van der Waals surface area contributed by atoms with Gasteiger partial charge in [-0.05, 0) is 66.1 Å². The molecule has 2 fully saturated rings. The fourth-order valence-electron chi connectivity index (χ4n) is 6.65. The van der Waals surface area contributed by atoms with Gasteiger partial charge in [-0.2, -0.15) is 0 Å². The molecular formula is C36H41N5O6Si. The molecule has 250 valence electrons. The Morgan fingerprint density at radius 2 is 1.62 bits per heavy atom. The third-order valence-electron chi connectivity index (χ3n) is 9.50. The van der Waals surface area contributed by atoms with Crippen LogP contribution in [-0.4, -0.2) is 84.9 Å². The summed E-state index contributed by atoms with van der Waals surface area (Å²) < 4.78 is 5.69. The van der Waals surface area contributed by atoms with Crippen molar-refractivity contribution in [2.24, 2.45) is 5.73 Å².